The lowest BCUT2D eigenvalue weighted by Gasteiger charge is -2.11. The molecule has 6 heteroatoms. The molecule has 0 saturated carbocycles. The maximum Gasteiger partial charge on any atom is 0.165 e. The van der Waals surface area contributed by atoms with Gasteiger partial charge in [0.2, 0.25) is 0 Å². The van der Waals surface area contributed by atoms with Crippen molar-refractivity contribution >= 4 is 75.3 Å². The van der Waals surface area contributed by atoms with Gasteiger partial charge in [0.05, 0.1) is 11.0 Å². The highest BCUT2D eigenvalue weighted by Gasteiger charge is 2.21. The van der Waals surface area contributed by atoms with Gasteiger partial charge in [0.1, 0.15) is 11.2 Å². The molecule has 0 spiro atoms. The zero-order chi connectivity index (χ0) is 33.5. The molecular weight excluding hydrogens is 645 g/mol. The predicted molar refractivity (Wildman–Crippen MR) is 211 cm³/mol. The normalized spacial score (nSPS) is 11.9. The quantitative estimate of drug-likeness (QED) is 0.187. The zero-order valence-electron chi connectivity index (χ0n) is 27.1. The van der Waals surface area contributed by atoms with Crippen molar-refractivity contribution in [2.75, 3.05) is 0 Å². The first-order chi connectivity index (χ1) is 25.3. The molecule has 51 heavy (non-hydrogen) atoms. The fraction of sp³-hybridized carbons (Fsp3) is 0. The van der Waals surface area contributed by atoms with Crippen molar-refractivity contribution in [3.05, 3.63) is 158 Å². The molecule has 0 saturated heterocycles. The Bertz CT molecular complexity index is 3150. The molecule has 0 fully saturated rings. The van der Waals surface area contributed by atoms with E-state index in [0.717, 1.165) is 66.1 Å². The van der Waals surface area contributed by atoms with Crippen LogP contribution in [0.2, 0.25) is 0 Å². The van der Waals surface area contributed by atoms with Crippen LogP contribution in [0.4, 0.5) is 0 Å². The molecule has 4 aromatic heterocycles. The highest BCUT2D eigenvalue weighted by Crippen LogP contribution is 2.42. The second-order valence-electron chi connectivity index (χ2n) is 12.8. The van der Waals surface area contributed by atoms with Gasteiger partial charge >= 0.3 is 0 Å². The van der Waals surface area contributed by atoms with Crippen LogP contribution in [0.1, 0.15) is 0 Å². The summed E-state index contributed by atoms with van der Waals surface area (Å²) in [7, 11) is 0. The number of aromatic nitrogens is 4. The smallest absolute Gasteiger partial charge is 0.165 e. The van der Waals surface area contributed by atoms with Crippen molar-refractivity contribution < 1.29 is 4.42 Å². The minimum absolute atomic E-state index is 0.637. The van der Waals surface area contributed by atoms with Gasteiger partial charge in [-0.15, -0.1) is 11.3 Å². The van der Waals surface area contributed by atoms with Gasteiger partial charge < -0.3 is 8.98 Å². The number of para-hydroxylation sites is 2. The Morgan fingerprint density at radius 3 is 2.00 bits per heavy atom. The molecule has 0 aliphatic rings. The standard InChI is InChI=1S/C45H26N4OS/c1-2-12-27(13-3-1)43-46-44(48-45(47-43)35-19-10-17-32-31-15-6-9-23-40(31)51-42(32)35)34-18-11-21-37-41(34)33-16-4-7-20-36(33)49(37)28-24-25-30-29-14-5-8-22-38(29)50-39(30)26-28/h1-26H. The van der Waals surface area contributed by atoms with Crippen LogP contribution >= 0.6 is 11.3 Å². The molecule has 0 atom stereocenters. The maximum atomic E-state index is 6.33. The molecule has 0 aliphatic carbocycles. The zero-order valence-corrected chi connectivity index (χ0v) is 27.9. The van der Waals surface area contributed by atoms with Crippen LogP contribution < -0.4 is 0 Å². The average Bonchev–Trinajstić information content (AvgIpc) is 3.87. The van der Waals surface area contributed by atoms with Crippen molar-refractivity contribution in [2.24, 2.45) is 0 Å². The van der Waals surface area contributed by atoms with Crippen LogP contribution in [0.5, 0.6) is 0 Å². The van der Waals surface area contributed by atoms with Crippen LogP contribution in [0.3, 0.4) is 0 Å². The van der Waals surface area contributed by atoms with Crippen LogP contribution in [-0.2, 0) is 0 Å². The van der Waals surface area contributed by atoms with Gasteiger partial charge in [0.15, 0.2) is 17.5 Å². The summed E-state index contributed by atoms with van der Waals surface area (Å²) in [6, 6.07) is 54.9. The second kappa shape index (κ2) is 10.9. The van der Waals surface area contributed by atoms with E-state index in [9.17, 15) is 0 Å². The first-order valence-electron chi connectivity index (χ1n) is 16.9. The van der Waals surface area contributed by atoms with Crippen molar-refractivity contribution in [1.82, 2.24) is 19.5 Å². The number of hydrogen-bond acceptors (Lipinski definition) is 5. The van der Waals surface area contributed by atoms with E-state index in [0.29, 0.717) is 17.5 Å². The lowest BCUT2D eigenvalue weighted by molar-refractivity contribution is 0.668. The Labute approximate surface area is 295 Å². The first kappa shape index (κ1) is 28.2. The van der Waals surface area contributed by atoms with Gasteiger partial charge in [0, 0.05) is 70.2 Å². The summed E-state index contributed by atoms with van der Waals surface area (Å²) in [6.45, 7) is 0. The van der Waals surface area contributed by atoms with E-state index in [4.69, 9.17) is 19.4 Å². The Balaban J connectivity index is 1.18. The summed E-state index contributed by atoms with van der Waals surface area (Å²) in [4.78, 5) is 15.6. The average molecular weight is 671 g/mol. The number of furan rings is 1. The summed E-state index contributed by atoms with van der Waals surface area (Å²) < 4.78 is 11.1. The fourth-order valence-corrected chi connectivity index (χ4v) is 8.81. The molecule has 11 rings (SSSR count). The van der Waals surface area contributed by atoms with Gasteiger partial charge in [-0.25, -0.2) is 15.0 Å². The number of fused-ring (bicyclic) bond motifs is 9. The Morgan fingerprint density at radius 1 is 0.451 bits per heavy atom. The van der Waals surface area contributed by atoms with Crippen molar-refractivity contribution in [3.8, 4) is 39.9 Å². The van der Waals surface area contributed by atoms with Crippen LogP contribution in [0, 0.1) is 0 Å². The van der Waals surface area contributed by atoms with E-state index < -0.39 is 0 Å². The molecule has 238 valence electrons. The Morgan fingerprint density at radius 2 is 1.10 bits per heavy atom. The summed E-state index contributed by atoms with van der Waals surface area (Å²) in [6.07, 6.45) is 0. The Kier molecular flexibility index (Phi) is 6.05. The topological polar surface area (TPSA) is 56.7 Å². The summed E-state index contributed by atoms with van der Waals surface area (Å²) in [5, 5.41) is 6.90. The minimum atomic E-state index is 0.637. The van der Waals surface area contributed by atoms with E-state index in [2.05, 4.69) is 132 Å². The van der Waals surface area contributed by atoms with E-state index in [1.54, 1.807) is 11.3 Å². The van der Waals surface area contributed by atoms with Crippen molar-refractivity contribution in [2.45, 2.75) is 0 Å². The molecule has 4 heterocycles. The van der Waals surface area contributed by atoms with Crippen LogP contribution in [0.25, 0.3) is 104 Å². The molecule has 0 amide bonds. The number of nitrogens with zero attached hydrogens (tertiary/aromatic N) is 4. The molecule has 7 aromatic carbocycles. The molecule has 5 nitrogen and oxygen atoms in total. The number of thiophene rings is 1. The Hall–Kier alpha value is -6.63. The number of benzene rings is 7. The van der Waals surface area contributed by atoms with Gasteiger partial charge in [-0.05, 0) is 42.5 Å². The first-order valence-corrected chi connectivity index (χ1v) is 17.8. The third kappa shape index (κ3) is 4.30. The lowest BCUT2D eigenvalue weighted by Crippen LogP contribution is -2.00. The minimum Gasteiger partial charge on any atom is -0.456 e. The highest BCUT2D eigenvalue weighted by atomic mass is 32.1. The number of hydrogen-bond donors (Lipinski definition) is 0. The molecule has 0 aliphatic heterocycles. The van der Waals surface area contributed by atoms with E-state index in [-0.39, 0.29) is 0 Å². The maximum absolute atomic E-state index is 6.33. The van der Waals surface area contributed by atoms with E-state index >= 15 is 0 Å². The fourth-order valence-electron chi connectivity index (χ4n) is 7.59. The summed E-state index contributed by atoms with van der Waals surface area (Å²) in [5.74, 6) is 1.94. The monoisotopic (exact) mass is 670 g/mol. The van der Waals surface area contributed by atoms with Gasteiger partial charge in [0.25, 0.3) is 0 Å². The highest BCUT2D eigenvalue weighted by molar-refractivity contribution is 7.26. The SMILES string of the molecule is c1ccc(-c2nc(-c3cccc4c3sc3ccccc34)nc(-c3cccc4c3c3ccccc3n4-c3ccc4c(c3)oc3ccccc34)n2)cc1. The predicted octanol–water partition coefficient (Wildman–Crippen LogP) is 12.2. The van der Waals surface area contributed by atoms with Gasteiger partial charge in [-0.2, -0.15) is 0 Å². The van der Waals surface area contributed by atoms with Crippen LogP contribution in [-0.4, -0.2) is 19.5 Å². The lowest BCUT2D eigenvalue weighted by atomic mass is 10.0. The molecule has 0 radical (unpaired) electrons. The summed E-state index contributed by atoms with van der Waals surface area (Å²) in [5.41, 5.74) is 7.85. The molecular formula is C45H26N4OS. The van der Waals surface area contributed by atoms with E-state index in [1.807, 2.05) is 30.3 Å². The second-order valence-corrected chi connectivity index (χ2v) is 13.8. The molecule has 0 unspecified atom stereocenters. The van der Waals surface area contributed by atoms with Gasteiger partial charge in [-0.3, -0.25) is 0 Å². The van der Waals surface area contributed by atoms with Crippen LogP contribution in [0.15, 0.2) is 162 Å². The van der Waals surface area contributed by atoms with E-state index in [1.165, 1.54) is 20.2 Å². The largest absolute Gasteiger partial charge is 0.456 e. The van der Waals surface area contributed by atoms with Crippen molar-refractivity contribution in [1.29, 1.82) is 0 Å². The molecule has 0 N–H and O–H groups in total. The van der Waals surface area contributed by atoms with Gasteiger partial charge in [-0.1, -0.05) is 109 Å². The summed E-state index contributed by atoms with van der Waals surface area (Å²) >= 11 is 1.78. The third-order valence-corrected chi connectivity index (χ3v) is 11.1. The third-order valence-electron chi connectivity index (χ3n) is 9.87. The van der Waals surface area contributed by atoms with Crippen molar-refractivity contribution in [3.63, 3.8) is 0 Å². The molecule has 0 bridgehead atoms. The molecule has 11 aromatic rings. The number of rotatable bonds is 4.